The summed E-state index contributed by atoms with van der Waals surface area (Å²) in [6, 6.07) is 18.7. The van der Waals surface area contributed by atoms with Crippen LogP contribution in [0, 0.1) is 0 Å². The number of aromatic nitrogens is 1. The van der Waals surface area contributed by atoms with Crippen molar-refractivity contribution >= 4 is 44.1 Å². The Morgan fingerprint density at radius 2 is 1.48 bits per heavy atom. The number of fused-ring (bicyclic) bond motifs is 2. The molecule has 1 saturated heterocycles. The van der Waals surface area contributed by atoms with Crippen molar-refractivity contribution in [1.29, 1.82) is 0 Å². The van der Waals surface area contributed by atoms with E-state index < -0.39 is 0 Å². The molecular formula is C42H60N4O3S. The Morgan fingerprint density at radius 1 is 0.780 bits per heavy atom. The predicted octanol–water partition coefficient (Wildman–Crippen LogP) is 11.0. The molecule has 2 aromatic carbocycles. The Hall–Kier alpha value is -3.36. The minimum atomic E-state index is -0.285. The average Bonchev–Trinajstić information content (AvgIpc) is 3.63. The molecule has 5 rings (SSSR count). The maximum absolute atomic E-state index is 13.3. The topological polar surface area (TPSA) is 58.1 Å². The molecule has 0 spiro atoms. The number of unbranched alkanes of at least 4 members (excludes halogenated alkanes) is 11. The van der Waals surface area contributed by atoms with Gasteiger partial charge >= 0.3 is 6.09 Å². The van der Waals surface area contributed by atoms with Crippen LogP contribution in [-0.2, 0) is 0 Å². The van der Waals surface area contributed by atoms with Gasteiger partial charge in [0.2, 0.25) is 5.88 Å². The number of hydrogen-bond donors (Lipinski definition) is 0. The summed E-state index contributed by atoms with van der Waals surface area (Å²) in [6.45, 7) is 12.1. The molecule has 1 amide bonds. The zero-order chi connectivity index (χ0) is 34.8. The molecule has 4 aromatic rings. The second-order valence-corrected chi connectivity index (χ2v) is 14.8. The second kappa shape index (κ2) is 21.1. The third-order valence-corrected chi connectivity index (χ3v) is 10.9. The van der Waals surface area contributed by atoms with E-state index in [1.807, 2.05) is 40.5 Å². The highest BCUT2D eigenvalue weighted by atomic mass is 32.1. The van der Waals surface area contributed by atoms with Crippen LogP contribution in [0.2, 0.25) is 0 Å². The number of anilines is 1. The van der Waals surface area contributed by atoms with Crippen LogP contribution in [0.1, 0.15) is 104 Å². The van der Waals surface area contributed by atoms with Crippen molar-refractivity contribution in [2.75, 3.05) is 57.3 Å². The molecule has 0 bridgehead atoms. The van der Waals surface area contributed by atoms with Gasteiger partial charge in [0.15, 0.2) is 0 Å². The SMILES string of the molecule is CCCCCCCCN(CCCCCCCC)C(=O)Oc1ccc2ccc(OCCCCN3CCN(c4cccc5sccc45)CC3)cc2n1. The first kappa shape index (κ1) is 37.9. The highest BCUT2D eigenvalue weighted by Crippen LogP contribution is 2.31. The standard InChI is InChI=1S/C42H60N4O3S/c1-3-5-7-9-11-13-26-46(27-14-12-10-8-6-4-2)42(47)49-41-23-21-35-20-22-36(34-38(35)43-41)48-32-16-15-25-44-28-30-45(31-29-44)39-18-17-19-40-37(39)24-33-50-40/h17-24,33-34H,3-16,25-32H2,1-2H3. The number of nitrogens with zero attached hydrogens (tertiary/aromatic N) is 4. The molecule has 272 valence electrons. The fraction of sp³-hybridized carbons (Fsp3) is 0.571. The fourth-order valence-electron chi connectivity index (χ4n) is 6.93. The maximum Gasteiger partial charge on any atom is 0.416 e. The zero-order valence-electron chi connectivity index (χ0n) is 30.8. The molecule has 1 aliphatic rings. The number of benzene rings is 2. The van der Waals surface area contributed by atoms with Gasteiger partial charge in [0.1, 0.15) is 5.75 Å². The van der Waals surface area contributed by atoms with Crippen LogP contribution in [0.4, 0.5) is 10.5 Å². The number of rotatable bonds is 22. The van der Waals surface area contributed by atoms with Crippen molar-refractivity contribution in [1.82, 2.24) is 14.8 Å². The third-order valence-electron chi connectivity index (χ3n) is 9.97. The summed E-state index contributed by atoms with van der Waals surface area (Å²) in [6.07, 6.45) is 16.3. The first-order chi connectivity index (χ1) is 24.6. The zero-order valence-corrected chi connectivity index (χ0v) is 31.6. The molecule has 8 heteroatoms. The number of thiophene rings is 1. The Labute approximate surface area is 304 Å². The van der Waals surface area contributed by atoms with Crippen LogP contribution < -0.4 is 14.4 Å². The number of carbonyl (C=O) groups is 1. The van der Waals surface area contributed by atoms with Crippen molar-refractivity contribution in [3.05, 3.63) is 60.0 Å². The minimum Gasteiger partial charge on any atom is -0.494 e. The lowest BCUT2D eigenvalue weighted by molar-refractivity contribution is 0.148. The van der Waals surface area contributed by atoms with Crippen molar-refractivity contribution in [3.63, 3.8) is 0 Å². The van der Waals surface area contributed by atoms with E-state index in [1.54, 1.807) is 6.07 Å². The first-order valence-electron chi connectivity index (χ1n) is 19.6. The lowest BCUT2D eigenvalue weighted by Gasteiger charge is -2.36. The molecule has 2 aromatic heterocycles. The summed E-state index contributed by atoms with van der Waals surface area (Å²) in [5.41, 5.74) is 2.16. The van der Waals surface area contributed by atoms with Crippen molar-refractivity contribution in [2.45, 2.75) is 104 Å². The number of piperazine rings is 1. The van der Waals surface area contributed by atoms with Gasteiger partial charge in [-0.1, -0.05) is 84.1 Å². The summed E-state index contributed by atoms with van der Waals surface area (Å²) >= 11 is 1.82. The normalized spacial score (nSPS) is 13.7. The van der Waals surface area contributed by atoms with Crippen molar-refractivity contribution in [3.8, 4) is 11.6 Å². The van der Waals surface area contributed by atoms with Crippen LogP contribution in [0.5, 0.6) is 11.6 Å². The summed E-state index contributed by atoms with van der Waals surface area (Å²) in [5.74, 6) is 1.15. The largest absolute Gasteiger partial charge is 0.494 e. The first-order valence-corrected chi connectivity index (χ1v) is 20.5. The molecule has 1 aliphatic heterocycles. The summed E-state index contributed by atoms with van der Waals surface area (Å²) < 4.78 is 13.4. The summed E-state index contributed by atoms with van der Waals surface area (Å²) in [5, 5.41) is 4.58. The molecule has 7 nitrogen and oxygen atoms in total. The van der Waals surface area contributed by atoms with Gasteiger partial charge in [-0.15, -0.1) is 11.3 Å². The van der Waals surface area contributed by atoms with Crippen LogP contribution in [0.25, 0.3) is 21.0 Å². The van der Waals surface area contributed by atoms with Gasteiger partial charge in [0, 0.05) is 72.6 Å². The van der Waals surface area contributed by atoms with E-state index in [4.69, 9.17) is 14.5 Å². The van der Waals surface area contributed by atoms with Gasteiger partial charge in [-0.25, -0.2) is 9.78 Å². The Balaban J connectivity index is 1.04. The minimum absolute atomic E-state index is 0.285. The molecule has 0 radical (unpaired) electrons. The number of ether oxygens (including phenoxy) is 2. The van der Waals surface area contributed by atoms with Gasteiger partial charge in [-0.05, 0) is 74.0 Å². The van der Waals surface area contributed by atoms with Crippen LogP contribution in [0.3, 0.4) is 0 Å². The molecule has 50 heavy (non-hydrogen) atoms. The molecule has 3 heterocycles. The van der Waals surface area contributed by atoms with Crippen molar-refractivity contribution < 1.29 is 14.3 Å². The van der Waals surface area contributed by atoms with E-state index >= 15 is 0 Å². The smallest absolute Gasteiger partial charge is 0.416 e. The van der Waals surface area contributed by atoms with E-state index in [2.05, 4.69) is 53.3 Å². The maximum atomic E-state index is 13.3. The summed E-state index contributed by atoms with van der Waals surface area (Å²) in [7, 11) is 0. The van der Waals surface area contributed by atoms with Gasteiger partial charge < -0.3 is 19.3 Å². The molecule has 0 saturated carbocycles. The Morgan fingerprint density at radius 3 is 2.22 bits per heavy atom. The summed E-state index contributed by atoms with van der Waals surface area (Å²) in [4.78, 5) is 25.0. The average molecular weight is 701 g/mol. The second-order valence-electron chi connectivity index (χ2n) is 13.9. The quantitative estimate of drug-likeness (QED) is 0.0761. The number of hydrogen-bond acceptors (Lipinski definition) is 7. The lowest BCUT2D eigenvalue weighted by Crippen LogP contribution is -2.46. The molecule has 0 unspecified atom stereocenters. The van der Waals surface area contributed by atoms with E-state index in [0.717, 1.165) is 101 Å². The van der Waals surface area contributed by atoms with Crippen LogP contribution >= 0.6 is 11.3 Å². The van der Waals surface area contributed by atoms with Crippen LogP contribution in [-0.4, -0.2) is 73.3 Å². The molecule has 0 aliphatic carbocycles. The van der Waals surface area contributed by atoms with E-state index in [9.17, 15) is 4.79 Å². The third kappa shape index (κ3) is 11.9. The number of carbonyl (C=O) groups excluding carboxylic acids is 1. The van der Waals surface area contributed by atoms with Crippen molar-refractivity contribution in [2.24, 2.45) is 0 Å². The fourth-order valence-corrected chi connectivity index (χ4v) is 7.74. The molecular weight excluding hydrogens is 641 g/mol. The van der Waals surface area contributed by atoms with Gasteiger partial charge in [-0.3, -0.25) is 4.90 Å². The van der Waals surface area contributed by atoms with Crippen LogP contribution in [0.15, 0.2) is 60.0 Å². The Kier molecular flexibility index (Phi) is 16.0. The monoisotopic (exact) mass is 700 g/mol. The highest BCUT2D eigenvalue weighted by molar-refractivity contribution is 7.17. The van der Waals surface area contributed by atoms with E-state index in [-0.39, 0.29) is 6.09 Å². The van der Waals surface area contributed by atoms with Gasteiger partial charge in [0.05, 0.1) is 12.1 Å². The van der Waals surface area contributed by atoms with E-state index in [0.29, 0.717) is 12.5 Å². The highest BCUT2D eigenvalue weighted by Gasteiger charge is 2.19. The lowest BCUT2D eigenvalue weighted by atomic mass is 10.1. The van der Waals surface area contributed by atoms with Gasteiger partial charge in [0.25, 0.3) is 0 Å². The Bertz CT molecular complexity index is 1550. The number of amides is 1. The predicted molar refractivity (Wildman–Crippen MR) is 211 cm³/mol. The molecule has 0 N–H and O–H groups in total. The van der Waals surface area contributed by atoms with Gasteiger partial charge in [-0.2, -0.15) is 0 Å². The number of pyridine rings is 1. The molecule has 0 atom stereocenters. The molecule has 1 fully saturated rings. The van der Waals surface area contributed by atoms with E-state index in [1.165, 1.54) is 67.1 Å².